The smallest absolute Gasteiger partial charge is 0.246 e. The second-order valence-electron chi connectivity index (χ2n) is 35.2. The van der Waals surface area contributed by atoms with Crippen LogP contribution < -0.4 is 47.9 Å². The van der Waals surface area contributed by atoms with Gasteiger partial charge in [-0.25, -0.2) is 0 Å². The Labute approximate surface area is 674 Å². The minimum Gasteiger partial charge on any atom is -0.342 e. The van der Waals surface area contributed by atoms with E-state index in [1.165, 1.54) is 27.8 Å². The van der Waals surface area contributed by atoms with E-state index in [-0.39, 0.29) is 101 Å². The molecule has 6 aliphatic heterocycles. The molecule has 24 nitrogen and oxygen atoms in total. The van der Waals surface area contributed by atoms with Gasteiger partial charge in [-0.15, -0.1) is 0 Å². The molecule has 12 atom stereocenters. The van der Waals surface area contributed by atoms with Crippen LogP contribution in [0.25, 0.3) is 0 Å². The molecule has 0 aromatic heterocycles. The van der Waals surface area contributed by atoms with Crippen LogP contribution in [0, 0.1) is 16.2 Å². The molecule has 0 saturated carbocycles. The Morgan fingerprint density at radius 3 is 0.965 bits per heavy atom. The molecule has 0 aliphatic carbocycles. The van der Waals surface area contributed by atoms with Gasteiger partial charge in [0.1, 0.15) is 18.1 Å². The topological polar surface area (TPSA) is 281 Å². The first kappa shape index (κ1) is 90.4. The first-order chi connectivity index (χ1) is 53.8. The number of hydrogen-bond acceptors (Lipinski definition) is 15. The fourth-order valence-electron chi connectivity index (χ4n) is 16.0. The molecule has 113 heavy (non-hydrogen) atoms. The van der Waals surface area contributed by atoms with E-state index in [4.69, 9.17) is 0 Å². The average molecular weight is 1560 g/mol. The number of amides is 9. The minimum absolute atomic E-state index is 0.0536. The van der Waals surface area contributed by atoms with Crippen molar-refractivity contribution in [1.82, 2.24) is 77.3 Å². The maximum Gasteiger partial charge on any atom is 0.246 e. The van der Waals surface area contributed by atoms with Gasteiger partial charge in [0.2, 0.25) is 53.2 Å². The van der Waals surface area contributed by atoms with E-state index in [1.807, 2.05) is 158 Å². The first-order valence-electron chi connectivity index (χ1n) is 41.9. The Bertz CT molecular complexity index is 3560. The van der Waals surface area contributed by atoms with Crippen molar-refractivity contribution < 1.29 is 43.2 Å². The molecule has 5 saturated heterocycles. The second kappa shape index (κ2) is 43.0. The second-order valence-corrected chi connectivity index (χ2v) is 35.2. The van der Waals surface area contributed by atoms with E-state index in [1.54, 1.807) is 41.9 Å². The third kappa shape index (κ3) is 26.2. The molecule has 4 aromatic rings. The number of rotatable bonds is 30. The number of likely N-dealkylation sites (tertiary alicyclic amines) is 3. The van der Waals surface area contributed by atoms with Gasteiger partial charge in [0.25, 0.3) is 0 Å². The van der Waals surface area contributed by atoms with Crippen LogP contribution in [-0.4, -0.2) is 248 Å². The standard InChI is InChI=1S/C33H47N5O3.2C28H45N5O3/c1-23(34-5)30(39)36-29(33(2,3)4)32(41)38-18-11-16-27(38)22-37(19-17-24-12-7-6-8-13-24)31(40)28-20-25-14-9-10-15-26(25)21-35-28;2*1-20(29-5)25(34)31-24(28(2,3)4)27(36)33-17-10-13-22(33)19-32(26(35)23-14-9-16-30-23)18-15-21-11-7-6-8-12-21/h6-10,12-15,23,27-29,34-35H,11,16-22H2,1-5H3,(H,36,39);2*6-8,11-12,20,22-24,29-30H,9-10,13-19H2,1-5H3,(H,31,34)/t23-,27-,28+,29+;20-,22-,23+,24+;20-,22-,23-,24+/m000/s1. The normalized spacial score (nSPS) is 21.2. The number of carbonyl (C=O) groups excluding carboxylic acids is 9. The van der Waals surface area contributed by atoms with Crippen LogP contribution in [-0.2, 0) is 75.4 Å². The van der Waals surface area contributed by atoms with Gasteiger partial charge in [-0.05, 0) is 189 Å². The minimum atomic E-state index is -0.656. The number of nitrogens with one attached hydrogen (secondary N) is 9. The zero-order chi connectivity index (χ0) is 82.2. The van der Waals surface area contributed by atoms with Gasteiger partial charge in [0.15, 0.2) is 0 Å². The van der Waals surface area contributed by atoms with E-state index >= 15 is 0 Å². The summed E-state index contributed by atoms with van der Waals surface area (Å²) in [6, 6.07) is 35.1. The van der Waals surface area contributed by atoms with Gasteiger partial charge in [0, 0.05) is 83.6 Å². The summed E-state index contributed by atoms with van der Waals surface area (Å²) >= 11 is 0. The Morgan fingerprint density at radius 1 is 0.389 bits per heavy atom. The quantitative estimate of drug-likeness (QED) is 0.0260. The fraction of sp³-hybridized carbons (Fsp3) is 0.629. The van der Waals surface area contributed by atoms with Crippen LogP contribution in [0.15, 0.2) is 115 Å². The third-order valence-corrected chi connectivity index (χ3v) is 23.5. The van der Waals surface area contributed by atoms with Gasteiger partial charge in [-0.1, -0.05) is 178 Å². The molecule has 9 N–H and O–H groups in total. The highest BCUT2D eigenvalue weighted by Crippen LogP contribution is 2.32. The summed E-state index contributed by atoms with van der Waals surface area (Å²) in [5.74, 6) is -0.415. The van der Waals surface area contributed by atoms with Crippen molar-refractivity contribution in [3.8, 4) is 0 Å². The van der Waals surface area contributed by atoms with Gasteiger partial charge >= 0.3 is 0 Å². The molecule has 10 rings (SSSR count). The van der Waals surface area contributed by atoms with Gasteiger partial charge in [-0.3, -0.25) is 43.2 Å². The van der Waals surface area contributed by atoms with E-state index in [2.05, 4.69) is 96.4 Å². The number of carbonyl (C=O) groups is 9. The summed E-state index contributed by atoms with van der Waals surface area (Å²) in [5.41, 5.74) is 4.68. The molecule has 0 bridgehead atoms. The van der Waals surface area contributed by atoms with Crippen LogP contribution in [0.1, 0.15) is 175 Å². The Kier molecular flexibility index (Phi) is 34.4. The maximum absolute atomic E-state index is 14.0. The lowest BCUT2D eigenvalue weighted by Crippen LogP contribution is -2.59. The molecular formula is C89H137N15O9. The van der Waals surface area contributed by atoms with Gasteiger partial charge in [-0.2, -0.15) is 0 Å². The number of nitrogens with zero attached hydrogens (tertiary/aromatic N) is 6. The molecular weight excluding hydrogens is 1420 g/mol. The lowest BCUT2D eigenvalue weighted by molar-refractivity contribution is -0.142. The summed E-state index contributed by atoms with van der Waals surface area (Å²) in [6.07, 6.45) is 11.9. The molecule has 9 amide bonds. The van der Waals surface area contributed by atoms with Crippen molar-refractivity contribution >= 4 is 53.2 Å². The molecule has 5 fully saturated rings. The molecule has 6 heterocycles. The third-order valence-electron chi connectivity index (χ3n) is 23.5. The van der Waals surface area contributed by atoms with Crippen LogP contribution in [0.5, 0.6) is 0 Å². The monoisotopic (exact) mass is 1560 g/mol. The Balaban J connectivity index is 0.000000213. The highest BCUT2D eigenvalue weighted by Gasteiger charge is 2.46. The average Bonchev–Trinajstić information content (AvgIpc) is 1.70. The molecule has 622 valence electrons. The number of hydrogen-bond donors (Lipinski definition) is 9. The lowest BCUT2D eigenvalue weighted by Gasteiger charge is -2.38. The Morgan fingerprint density at radius 2 is 0.681 bits per heavy atom. The van der Waals surface area contributed by atoms with Crippen molar-refractivity contribution in [2.24, 2.45) is 16.2 Å². The van der Waals surface area contributed by atoms with Crippen molar-refractivity contribution in [3.05, 3.63) is 143 Å². The van der Waals surface area contributed by atoms with Gasteiger partial charge < -0.3 is 77.3 Å². The molecule has 6 aliphatic rings. The molecule has 4 aromatic carbocycles. The summed E-state index contributed by atoms with van der Waals surface area (Å²) in [4.78, 5) is 132. The maximum atomic E-state index is 14.0. The largest absolute Gasteiger partial charge is 0.342 e. The first-order valence-corrected chi connectivity index (χ1v) is 41.9. The van der Waals surface area contributed by atoms with E-state index in [0.29, 0.717) is 71.9 Å². The predicted molar refractivity (Wildman–Crippen MR) is 447 cm³/mol. The van der Waals surface area contributed by atoms with Crippen LogP contribution in [0.2, 0.25) is 0 Å². The predicted octanol–water partition coefficient (Wildman–Crippen LogP) is 6.78. The number of likely N-dealkylation sites (N-methyl/N-ethyl adjacent to an activating group) is 3. The summed E-state index contributed by atoms with van der Waals surface area (Å²) in [5, 5.41) is 28.0. The van der Waals surface area contributed by atoms with Crippen molar-refractivity contribution in [1.29, 1.82) is 0 Å². The zero-order valence-corrected chi connectivity index (χ0v) is 70.6. The highest BCUT2D eigenvalue weighted by atomic mass is 16.2. The number of fused-ring (bicyclic) bond motifs is 1. The fourth-order valence-corrected chi connectivity index (χ4v) is 16.0. The van der Waals surface area contributed by atoms with Crippen LogP contribution in [0.4, 0.5) is 0 Å². The molecule has 0 spiro atoms. The lowest BCUT2D eigenvalue weighted by atomic mass is 9.85. The zero-order valence-electron chi connectivity index (χ0n) is 70.6. The summed E-state index contributed by atoms with van der Waals surface area (Å²) < 4.78 is 0. The Hall–Kier alpha value is -8.13. The van der Waals surface area contributed by atoms with Crippen molar-refractivity contribution in [2.45, 2.75) is 252 Å². The van der Waals surface area contributed by atoms with E-state index < -0.39 is 40.4 Å². The van der Waals surface area contributed by atoms with Crippen molar-refractivity contribution in [2.75, 3.05) is 93.1 Å². The van der Waals surface area contributed by atoms with E-state index in [9.17, 15) is 43.2 Å². The van der Waals surface area contributed by atoms with Gasteiger partial charge in [0.05, 0.1) is 36.3 Å². The molecule has 0 radical (unpaired) electrons. The summed E-state index contributed by atoms with van der Waals surface area (Å²) in [6.45, 7) is 30.9. The van der Waals surface area contributed by atoms with E-state index in [0.717, 1.165) is 96.6 Å². The summed E-state index contributed by atoms with van der Waals surface area (Å²) in [7, 11) is 5.19. The highest BCUT2D eigenvalue weighted by molar-refractivity contribution is 5.93. The van der Waals surface area contributed by atoms with Crippen LogP contribution in [0.3, 0.4) is 0 Å². The SMILES string of the molecule is CN[C@@H](C)C(=O)N[C@H](C(=O)N1CCC[C@H]1CN(CCc1ccccc1)C(=O)[C@@H]1CCCN1)C(C)(C)C.CN[C@@H](C)C(=O)N[C@H](C(=O)N1CCC[C@H]1CN(CCc1ccccc1)C(=O)[C@H]1CCCN1)C(C)(C)C.CN[C@@H](C)C(=O)N[C@H](C(=O)N1CCC[C@H]1CN(CCc1ccccc1)C(=O)[C@H]1Cc2ccccc2CN1)C(C)(C)C. The van der Waals surface area contributed by atoms with Crippen molar-refractivity contribution in [3.63, 3.8) is 0 Å². The number of benzene rings is 4. The molecule has 0 unspecified atom stereocenters. The van der Waals surface area contributed by atoms with Crippen LogP contribution >= 0.6 is 0 Å². The molecule has 24 heteroatoms.